The topological polar surface area (TPSA) is 36.3 Å². The summed E-state index contributed by atoms with van der Waals surface area (Å²) in [5.41, 5.74) is 1.20. The Morgan fingerprint density at radius 1 is 1.31 bits per heavy atom. The molecule has 1 aliphatic rings. The third-order valence-corrected chi connectivity index (χ3v) is 3.15. The van der Waals surface area contributed by atoms with Crippen LogP contribution in [0.1, 0.15) is 30.9 Å². The van der Waals surface area contributed by atoms with E-state index in [0.717, 1.165) is 19.3 Å². The molecule has 1 heterocycles. The fourth-order valence-electron chi connectivity index (χ4n) is 2.33. The quantitative estimate of drug-likeness (QED) is 0.713. The monoisotopic (exact) mass is 216 g/mol. The molecule has 2 rings (SSSR count). The van der Waals surface area contributed by atoms with Crippen LogP contribution >= 0.6 is 0 Å². The molecule has 1 aliphatic heterocycles. The average molecular weight is 216 g/mol. The van der Waals surface area contributed by atoms with Crippen molar-refractivity contribution in [2.75, 3.05) is 7.11 Å². The number of benzene rings is 1. The summed E-state index contributed by atoms with van der Waals surface area (Å²) < 4.78 is 5.35. The van der Waals surface area contributed by atoms with Crippen LogP contribution in [-0.2, 0) is 4.74 Å². The molecule has 0 amide bonds. The van der Waals surface area contributed by atoms with Gasteiger partial charge in [0.2, 0.25) is 0 Å². The Balaban J connectivity index is 2.23. The molecule has 2 unspecified atom stereocenters. The van der Waals surface area contributed by atoms with Gasteiger partial charge in [0, 0.05) is 7.11 Å². The van der Waals surface area contributed by atoms with E-state index in [9.17, 15) is 5.26 Å². The Labute approximate surface area is 96.2 Å². The van der Waals surface area contributed by atoms with Gasteiger partial charge >= 0.3 is 0 Å². The second kappa shape index (κ2) is 5.00. The predicted molar refractivity (Wildman–Crippen MR) is 61.3 cm³/mol. The lowest BCUT2D eigenvalue weighted by Gasteiger charge is -2.37. The van der Waals surface area contributed by atoms with Crippen molar-refractivity contribution in [3.8, 4) is 6.19 Å². The van der Waals surface area contributed by atoms with Crippen molar-refractivity contribution in [1.29, 1.82) is 5.26 Å². The van der Waals surface area contributed by atoms with Gasteiger partial charge in [-0.15, -0.1) is 0 Å². The highest BCUT2D eigenvalue weighted by Gasteiger charge is 2.30. The zero-order valence-corrected chi connectivity index (χ0v) is 9.47. The highest BCUT2D eigenvalue weighted by molar-refractivity contribution is 5.20. The van der Waals surface area contributed by atoms with E-state index < -0.39 is 0 Å². The first-order valence-electron chi connectivity index (χ1n) is 5.62. The predicted octanol–water partition coefficient (Wildman–Crippen LogP) is 2.67. The van der Waals surface area contributed by atoms with E-state index in [-0.39, 0.29) is 12.3 Å². The summed E-state index contributed by atoms with van der Waals surface area (Å²) in [6, 6.07) is 10.4. The first-order chi connectivity index (χ1) is 7.86. The SMILES string of the molecule is COC1CCCC(c2ccccc2)N1C#N. The number of methoxy groups -OCH3 is 1. The maximum absolute atomic E-state index is 9.22. The summed E-state index contributed by atoms with van der Waals surface area (Å²) >= 11 is 0. The van der Waals surface area contributed by atoms with Crippen molar-refractivity contribution in [2.45, 2.75) is 31.5 Å². The summed E-state index contributed by atoms with van der Waals surface area (Å²) in [7, 11) is 1.67. The van der Waals surface area contributed by atoms with Gasteiger partial charge in [0.05, 0.1) is 6.04 Å². The molecule has 0 radical (unpaired) electrons. The number of hydrogen-bond donors (Lipinski definition) is 0. The Kier molecular flexibility index (Phi) is 3.43. The summed E-state index contributed by atoms with van der Waals surface area (Å²) in [5, 5.41) is 9.22. The highest BCUT2D eigenvalue weighted by Crippen LogP contribution is 2.33. The van der Waals surface area contributed by atoms with Gasteiger partial charge in [-0.1, -0.05) is 30.3 Å². The third-order valence-electron chi connectivity index (χ3n) is 3.15. The molecule has 3 nitrogen and oxygen atoms in total. The minimum atomic E-state index is -0.0658. The van der Waals surface area contributed by atoms with Crippen molar-refractivity contribution in [2.24, 2.45) is 0 Å². The van der Waals surface area contributed by atoms with E-state index in [1.165, 1.54) is 5.56 Å². The number of hydrogen-bond acceptors (Lipinski definition) is 3. The Hall–Kier alpha value is -1.53. The van der Waals surface area contributed by atoms with Crippen molar-refractivity contribution >= 4 is 0 Å². The second-order valence-electron chi connectivity index (χ2n) is 4.06. The van der Waals surface area contributed by atoms with Crippen molar-refractivity contribution in [3.63, 3.8) is 0 Å². The lowest BCUT2D eigenvalue weighted by Crippen LogP contribution is -2.39. The third kappa shape index (κ3) is 2.02. The maximum atomic E-state index is 9.22. The molecule has 0 bridgehead atoms. The van der Waals surface area contributed by atoms with Crippen LogP contribution in [0.25, 0.3) is 0 Å². The molecule has 1 aromatic rings. The van der Waals surface area contributed by atoms with Gasteiger partial charge in [-0.3, -0.25) is 4.90 Å². The minimum absolute atomic E-state index is 0.0658. The van der Waals surface area contributed by atoms with Crippen LogP contribution in [0.2, 0.25) is 0 Å². The van der Waals surface area contributed by atoms with E-state index >= 15 is 0 Å². The van der Waals surface area contributed by atoms with Crippen molar-refractivity contribution < 1.29 is 4.74 Å². The van der Waals surface area contributed by atoms with Crippen LogP contribution in [-0.4, -0.2) is 18.2 Å². The molecule has 84 valence electrons. The normalized spacial score (nSPS) is 25.1. The fraction of sp³-hybridized carbons (Fsp3) is 0.462. The van der Waals surface area contributed by atoms with Gasteiger partial charge in [0.25, 0.3) is 0 Å². The van der Waals surface area contributed by atoms with Gasteiger partial charge in [-0.25, -0.2) is 0 Å². The molecule has 0 spiro atoms. The van der Waals surface area contributed by atoms with Crippen molar-refractivity contribution in [1.82, 2.24) is 4.90 Å². The molecule has 0 N–H and O–H groups in total. The highest BCUT2D eigenvalue weighted by atomic mass is 16.5. The summed E-state index contributed by atoms with van der Waals surface area (Å²) in [4.78, 5) is 1.78. The lowest BCUT2D eigenvalue weighted by molar-refractivity contribution is -0.0498. The lowest BCUT2D eigenvalue weighted by atomic mass is 9.95. The van der Waals surface area contributed by atoms with Gasteiger partial charge in [0.1, 0.15) is 6.23 Å². The molecule has 1 fully saturated rings. The van der Waals surface area contributed by atoms with E-state index in [4.69, 9.17) is 4.74 Å². The zero-order valence-electron chi connectivity index (χ0n) is 9.47. The second-order valence-corrected chi connectivity index (χ2v) is 4.06. The molecular weight excluding hydrogens is 200 g/mol. The number of nitrogens with zero attached hydrogens (tertiary/aromatic N) is 2. The summed E-state index contributed by atoms with van der Waals surface area (Å²) in [6.45, 7) is 0. The van der Waals surface area contributed by atoms with Crippen LogP contribution in [0.5, 0.6) is 0 Å². The largest absolute Gasteiger partial charge is 0.361 e. The fourth-order valence-corrected chi connectivity index (χ4v) is 2.33. The van der Waals surface area contributed by atoms with E-state index in [1.54, 1.807) is 12.0 Å². The van der Waals surface area contributed by atoms with Crippen LogP contribution in [0, 0.1) is 11.5 Å². The number of likely N-dealkylation sites (tertiary alicyclic amines) is 1. The Bertz CT molecular complexity index is 371. The summed E-state index contributed by atoms with van der Waals surface area (Å²) in [5.74, 6) is 0. The maximum Gasteiger partial charge on any atom is 0.182 e. The number of rotatable bonds is 2. The van der Waals surface area contributed by atoms with E-state index in [0.29, 0.717) is 0 Å². The molecule has 0 aromatic heterocycles. The van der Waals surface area contributed by atoms with Gasteiger partial charge in [-0.2, -0.15) is 5.26 Å². The number of nitriles is 1. The Morgan fingerprint density at radius 3 is 2.69 bits per heavy atom. The molecule has 3 heteroatoms. The van der Waals surface area contributed by atoms with Gasteiger partial charge in [0.15, 0.2) is 6.19 Å². The Morgan fingerprint density at radius 2 is 2.06 bits per heavy atom. The zero-order chi connectivity index (χ0) is 11.4. The van der Waals surface area contributed by atoms with E-state index in [1.807, 2.05) is 18.2 Å². The number of piperidine rings is 1. The van der Waals surface area contributed by atoms with Crippen LogP contribution in [0.4, 0.5) is 0 Å². The molecule has 2 atom stereocenters. The standard InChI is InChI=1S/C13H16N2O/c1-16-13-9-5-8-12(15(13)10-14)11-6-3-2-4-7-11/h2-4,6-7,12-13H,5,8-9H2,1H3. The molecule has 0 saturated carbocycles. The van der Waals surface area contributed by atoms with Crippen LogP contribution < -0.4 is 0 Å². The van der Waals surface area contributed by atoms with Gasteiger partial charge in [-0.05, 0) is 24.8 Å². The molecule has 0 aliphatic carbocycles. The molecule has 1 saturated heterocycles. The average Bonchev–Trinajstić information content (AvgIpc) is 2.38. The van der Waals surface area contributed by atoms with Gasteiger partial charge < -0.3 is 4.74 Å². The molecule has 16 heavy (non-hydrogen) atoms. The molecular formula is C13H16N2O. The minimum Gasteiger partial charge on any atom is -0.361 e. The smallest absolute Gasteiger partial charge is 0.182 e. The molecule has 1 aromatic carbocycles. The van der Waals surface area contributed by atoms with Crippen LogP contribution in [0.3, 0.4) is 0 Å². The first kappa shape index (κ1) is 11.0. The van der Waals surface area contributed by atoms with Crippen LogP contribution in [0.15, 0.2) is 30.3 Å². The number of ether oxygens (including phenoxy) is 1. The van der Waals surface area contributed by atoms with E-state index in [2.05, 4.69) is 18.3 Å². The first-order valence-corrected chi connectivity index (χ1v) is 5.62. The summed E-state index contributed by atoms with van der Waals surface area (Å²) in [6.07, 6.45) is 5.27. The van der Waals surface area contributed by atoms with Crippen molar-refractivity contribution in [3.05, 3.63) is 35.9 Å².